The van der Waals surface area contributed by atoms with Gasteiger partial charge in [0.25, 0.3) is 0 Å². The number of hydrogen-bond acceptors (Lipinski definition) is 6. The van der Waals surface area contributed by atoms with E-state index in [1.807, 2.05) is 0 Å². The highest BCUT2D eigenvalue weighted by molar-refractivity contribution is 8.00. The van der Waals surface area contributed by atoms with E-state index >= 15 is 0 Å². The highest BCUT2D eigenvalue weighted by Crippen LogP contribution is 2.39. The second-order valence-electron chi connectivity index (χ2n) is 7.14. The molecule has 3 rings (SSSR count). The molecule has 0 radical (unpaired) electrons. The predicted octanol–water partition coefficient (Wildman–Crippen LogP) is 2.10. The molecule has 9 heteroatoms. The molecule has 2 aliphatic carbocycles. The molecule has 2 aliphatic rings. The normalized spacial score (nSPS) is 27.3. The van der Waals surface area contributed by atoms with Crippen LogP contribution in [0.15, 0.2) is 10.6 Å². The molecule has 2 unspecified atom stereocenters. The van der Waals surface area contributed by atoms with Crippen LogP contribution in [-0.4, -0.2) is 40.6 Å². The number of hydrogen-bond donors (Lipinski definition) is 3. The predicted molar refractivity (Wildman–Crippen MR) is 104 cm³/mol. The molecular formula is C17H27ClN4O3S. The molecule has 2 saturated carbocycles. The van der Waals surface area contributed by atoms with Gasteiger partial charge in [0.2, 0.25) is 11.8 Å². The van der Waals surface area contributed by atoms with Gasteiger partial charge in [0.1, 0.15) is 5.76 Å². The summed E-state index contributed by atoms with van der Waals surface area (Å²) in [6, 6.07) is 2.19. The summed E-state index contributed by atoms with van der Waals surface area (Å²) in [6.45, 7) is 1.76. The first-order valence-corrected chi connectivity index (χ1v) is 10.0. The number of amides is 2. The third-order valence-corrected chi connectivity index (χ3v) is 6.00. The Labute approximate surface area is 164 Å². The Kier molecular flexibility index (Phi) is 7.79. The van der Waals surface area contributed by atoms with E-state index in [0.717, 1.165) is 25.7 Å². The van der Waals surface area contributed by atoms with E-state index < -0.39 is 0 Å². The zero-order chi connectivity index (χ0) is 17.8. The van der Waals surface area contributed by atoms with E-state index in [9.17, 15) is 9.59 Å². The van der Waals surface area contributed by atoms with Crippen LogP contribution < -0.4 is 16.4 Å². The number of halogens is 1. The number of carbonyl (C=O) groups excluding carboxylic acids is 2. The molecule has 0 saturated heterocycles. The first kappa shape index (κ1) is 21.1. The van der Waals surface area contributed by atoms with Crippen LogP contribution in [0, 0.1) is 18.8 Å². The summed E-state index contributed by atoms with van der Waals surface area (Å²) < 4.78 is 4.89. The van der Waals surface area contributed by atoms with Crippen molar-refractivity contribution in [3.05, 3.63) is 11.8 Å². The smallest absolute Gasteiger partial charge is 0.235 e. The summed E-state index contributed by atoms with van der Waals surface area (Å²) in [5.74, 6) is 2.37. The Bertz CT molecular complexity index is 613. The quantitative estimate of drug-likeness (QED) is 0.672. The lowest BCUT2D eigenvalue weighted by molar-refractivity contribution is -0.120. The molecule has 7 nitrogen and oxygen atoms in total. The van der Waals surface area contributed by atoms with Gasteiger partial charge in [-0.25, -0.2) is 0 Å². The van der Waals surface area contributed by atoms with Crippen molar-refractivity contribution < 1.29 is 14.1 Å². The minimum atomic E-state index is -0.188. The molecule has 4 N–H and O–H groups in total. The summed E-state index contributed by atoms with van der Waals surface area (Å²) in [5.41, 5.74) is 6.12. The Morgan fingerprint density at radius 3 is 2.54 bits per heavy atom. The number of nitrogens with zero attached hydrogens (tertiary/aromatic N) is 1. The van der Waals surface area contributed by atoms with Crippen molar-refractivity contribution in [1.29, 1.82) is 0 Å². The number of aromatic nitrogens is 1. The summed E-state index contributed by atoms with van der Waals surface area (Å²) in [7, 11) is 0. The number of thioether (sulfide) groups is 1. The fourth-order valence-corrected chi connectivity index (χ4v) is 4.72. The van der Waals surface area contributed by atoms with Gasteiger partial charge in [0.05, 0.1) is 11.5 Å². The van der Waals surface area contributed by atoms with Crippen molar-refractivity contribution in [1.82, 2.24) is 10.5 Å². The molecule has 146 valence electrons. The molecule has 1 aromatic rings. The molecule has 2 amide bonds. The van der Waals surface area contributed by atoms with Gasteiger partial charge >= 0.3 is 0 Å². The largest absolute Gasteiger partial charge is 0.360 e. The maximum absolute atomic E-state index is 12.2. The van der Waals surface area contributed by atoms with Crippen molar-refractivity contribution >= 4 is 41.8 Å². The summed E-state index contributed by atoms with van der Waals surface area (Å²) in [4.78, 5) is 24.1. The van der Waals surface area contributed by atoms with E-state index in [1.165, 1.54) is 18.2 Å². The molecule has 1 aromatic heterocycles. The number of anilines is 1. The molecule has 0 aliphatic heterocycles. The van der Waals surface area contributed by atoms with E-state index in [2.05, 4.69) is 15.8 Å². The van der Waals surface area contributed by atoms with Crippen molar-refractivity contribution in [2.45, 2.75) is 51.1 Å². The summed E-state index contributed by atoms with van der Waals surface area (Å²) in [5, 5.41) is 9.55. The van der Waals surface area contributed by atoms with Crippen LogP contribution in [0.5, 0.6) is 0 Å². The number of nitrogens with two attached hydrogens (primary N) is 1. The molecule has 1 heterocycles. The van der Waals surface area contributed by atoms with Crippen LogP contribution in [0.25, 0.3) is 0 Å². The van der Waals surface area contributed by atoms with Crippen molar-refractivity contribution in [2.24, 2.45) is 17.6 Å². The van der Waals surface area contributed by atoms with E-state index in [4.69, 9.17) is 10.3 Å². The minimum Gasteiger partial charge on any atom is -0.360 e. The molecule has 26 heavy (non-hydrogen) atoms. The standard InChI is InChI=1S/C17H26N4O3S.ClH/c1-10-5-14(21-24-10)19-15(22)8-25-9-16(23)20-17-11-3-2-4-12(17)7-13(18)6-11;/h5,11-13,17H,2-4,6-9,18H2,1H3,(H,20,23)(H,19,21,22);1H. The molecule has 0 aromatic carbocycles. The van der Waals surface area contributed by atoms with Crippen LogP contribution in [0.3, 0.4) is 0 Å². The highest BCUT2D eigenvalue weighted by Gasteiger charge is 2.39. The number of fused-ring (bicyclic) bond motifs is 2. The zero-order valence-electron chi connectivity index (χ0n) is 14.9. The summed E-state index contributed by atoms with van der Waals surface area (Å²) >= 11 is 1.31. The number of nitrogens with one attached hydrogen (secondary N) is 2. The first-order valence-electron chi connectivity index (χ1n) is 8.87. The molecular weight excluding hydrogens is 376 g/mol. The van der Waals surface area contributed by atoms with Gasteiger partial charge in [0.15, 0.2) is 5.82 Å². The molecule has 0 spiro atoms. The minimum absolute atomic E-state index is 0. The Morgan fingerprint density at radius 2 is 1.92 bits per heavy atom. The number of rotatable bonds is 6. The zero-order valence-corrected chi connectivity index (χ0v) is 16.5. The lowest BCUT2D eigenvalue weighted by atomic mass is 9.67. The fourth-order valence-electron chi connectivity index (χ4n) is 4.09. The highest BCUT2D eigenvalue weighted by atomic mass is 35.5. The van der Waals surface area contributed by atoms with Crippen LogP contribution in [0.4, 0.5) is 5.82 Å². The number of carbonyl (C=O) groups is 2. The van der Waals surface area contributed by atoms with Crippen LogP contribution in [0.1, 0.15) is 37.9 Å². The Morgan fingerprint density at radius 1 is 1.27 bits per heavy atom. The van der Waals surface area contributed by atoms with Gasteiger partial charge < -0.3 is 20.9 Å². The van der Waals surface area contributed by atoms with Gasteiger partial charge in [0, 0.05) is 18.2 Å². The van der Waals surface area contributed by atoms with Gasteiger partial charge in [-0.3, -0.25) is 9.59 Å². The monoisotopic (exact) mass is 402 g/mol. The summed E-state index contributed by atoms with van der Waals surface area (Å²) in [6.07, 6.45) is 5.57. The van der Waals surface area contributed by atoms with Gasteiger partial charge in [-0.15, -0.1) is 24.2 Å². The molecule has 2 fully saturated rings. The van der Waals surface area contributed by atoms with E-state index in [-0.39, 0.29) is 47.8 Å². The second-order valence-corrected chi connectivity index (χ2v) is 8.13. The fraction of sp³-hybridized carbons (Fsp3) is 0.706. The van der Waals surface area contributed by atoms with Gasteiger partial charge in [-0.2, -0.15) is 0 Å². The Hall–Kier alpha value is -1.25. The van der Waals surface area contributed by atoms with E-state index in [0.29, 0.717) is 23.4 Å². The SMILES string of the molecule is Cc1cc(NC(=O)CSCC(=O)NC2C3CCCC2CC(N)C3)no1.Cl. The second kappa shape index (κ2) is 9.62. The topological polar surface area (TPSA) is 110 Å². The van der Waals surface area contributed by atoms with Crippen LogP contribution in [0.2, 0.25) is 0 Å². The average molecular weight is 403 g/mol. The van der Waals surface area contributed by atoms with Gasteiger partial charge in [-0.05, 0) is 44.4 Å². The van der Waals surface area contributed by atoms with Crippen molar-refractivity contribution in [3.8, 4) is 0 Å². The van der Waals surface area contributed by atoms with E-state index in [1.54, 1.807) is 13.0 Å². The maximum Gasteiger partial charge on any atom is 0.235 e. The lowest BCUT2D eigenvalue weighted by Crippen LogP contribution is -2.54. The molecule has 2 atom stereocenters. The maximum atomic E-state index is 12.2. The van der Waals surface area contributed by atoms with Crippen molar-refractivity contribution in [2.75, 3.05) is 16.8 Å². The number of aryl methyl sites for hydroxylation is 1. The Balaban J connectivity index is 0.00000243. The van der Waals surface area contributed by atoms with Gasteiger partial charge in [-0.1, -0.05) is 11.6 Å². The van der Waals surface area contributed by atoms with Crippen molar-refractivity contribution in [3.63, 3.8) is 0 Å². The first-order chi connectivity index (χ1) is 12.0. The molecule has 2 bridgehead atoms. The lowest BCUT2D eigenvalue weighted by Gasteiger charge is -2.45. The third-order valence-electron chi connectivity index (χ3n) is 5.07. The van der Waals surface area contributed by atoms with Crippen LogP contribution in [-0.2, 0) is 9.59 Å². The average Bonchev–Trinajstić information content (AvgIpc) is 2.93. The van der Waals surface area contributed by atoms with Crippen LogP contribution >= 0.6 is 24.2 Å². The third kappa shape index (κ3) is 5.62.